The zero-order valence-corrected chi connectivity index (χ0v) is 11.9. The highest BCUT2D eigenvalue weighted by atomic mass is 35.5. The summed E-state index contributed by atoms with van der Waals surface area (Å²) in [4.78, 5) is 19.6. The van der Waals surface area contributed by atoms with E-state index < -0.39 is 5.82 Å². The van der Waals surface area contributed by atoms with E-state index in [1.807, 2.05) is 0 Å². The number of nitrogens with zero attached hydrogens (tertiary/aromatic N) is 1. The zero-order chi connectivity index (χ0) is 14.4. The lowest BCUT2D eigenvalue weighted by atomic mass is 10.1. The minimum atomic E-state index is -0.506. The van der Waals surface area contributed by atoms with E-state index in [0.717, 1.165) is 0 Å². The quantitative estimate of drug-likeness (QED) is 0.724. The molecule has 0 saturated heterocycles. The number of anilines is 1. The molecule has 0 aliphatic heterocycles. The fourth-order valence-electron chi connectivity index (χ4n) is 2.10. The lowest BCUT2D eigenvalue weighted by molar-refractivity contribution is 0.632. The zero-order valence-electron chi connectivity index (χ0n) is 10.3. The van der Waals surface area contributed by atoms with Gasteiger partial charge in [-0.1, -0.05) is 23.7 Å². The summed E-state index contributed by atoms with van der Waals surface area (Å²) in [5, 5.41) is 0.472. The van der Waals surface area contributed by atoms with Crippen molar-refractivity contribution in [2.45, 2.75) is 6.92 Å². The number of rotatable bonds is 1. The standard InChI is InChI=1S/C13H9ClFN3OS/c1-5-8-11(19)17-13(16)18-12(8)20-10(5)6-3-2-4-7(14)9(6)15/h2-4H,1H3,(H3,16,17,18,19). The van der Waals surface area contributed by atoms with Gasteiger partial charge in [0.25, 0.3) is 5.56 Å². The van der Waals surface area contributed by atoms with Crippen LogP contribution in [-0.2, 0) is 0 Å². The Hall–Kier alpha value is -1.92. The number of H-pyrrole nitrogens is 1. The Bertz CT molecular complexity index is 887. The number of aromatic nitrogens is 2. The molecule has 7 heteroatoms. The molecule has 4 nitrogen and oxygen atoms in total. The van der Waals surface area contributed by atoms with E-state index in [1.54, 1.807) is 19.1 Å². The molecule has 0 aliphatic carbocycles. The Kier molecular flexibility index (Phi) is 2.99. The molecule has 0 amide bonds. The molecular formula is C13H9ClFN3OS. The van der Waals surface area contributed by atoms with E-state index in [9.17, 15) is 9.18 Å². The van der Waals surface area contributed by atoms with Gasteiger partial charge < -0.3 is 5.73 Å². The SMILES string of the molecule is Cc1c(-c2cccc(Cl)c2F)sc2nc(N)[nH]c(=O)c12. The van der Waals surface area contributed by atoms with Crippen molar-refractivity contribution < 1.29 is 4.39 Å². The number of hydrogen-bond donors (Lipinski definition) is 2. The van der Waals surface area contributed by atoms with Gasteiger partial charge >= 0.3 is 0 Å². The summed E-state index contributed by atoms with van der Waals surface area (Å²) in [6, 6.07) is 4.76. The number of thiophene rings is 1. The van der Waals surface area contributed by atoms with Crippen LogP contribution < -0.4 is 11.3 Å². The highest BCUT2D eigenvalue weighted by Crippen LogP contribution is 2.38. The summed E-state index contributed by atoms with van der Waals surface area (Å²) < 4.78 is 14.1. The number of nitrogens with two attached hydrogens (primary N) is 1. The number of aryl methyl sites for hydroxylation is 1. The molecule has 2 heterocycles. The van der Waals surface area contributed by atoms with E-state index in [1.165, 1.54) is 17.4 Å². The van der Waals surface area contributed by atoms with Gasteiger partial charge in [0, 0.05) is 10.4 Å². The molecule has 3 aromatic rings. The minimum Gasteiger partial charge on any atom is -0.369 e. The number of fused-ring (bicyclic) bond motifs is 1. The molecule has 0 radical (unpaired) electrons. The lowest BCUT2D eigenvalue weighted by Crippen LogP contribution is -2.10. The van der Waals surface area contributed by atoms with Gasteiger partial charge in [-0.2, -0.15) is 0 Å². The number of halogens is 2. The molecule has 1 aromatic carbocycles. The first-order valence-corrected chi connectivity index (χ1v) is 6.91. The third kappa shape index (κ3) is 1.88. The Morgan fingerprint density at radius 2 is 2.20 bits per heavy atom. The molecule has 0 unspecified atom stereocenters. The van der Waals surface area contributed by atoms with Crippen LogP contribution in [0.4, 0.5) is 10.3 Å². The van der Waals surface area contributed by atoms with Crippen LogP contribution in [0.2, 0.25) is 5.02 Å². The molecule has 0 bridgehead atoms. The molecule has 0 fully saturated rings. The van der Waals surface area contributed by atoms with Crippen molar-refractivity contribution in [2.24, 2.45) is 0 Å². The predicted molar refractivity (Wildman–Crippen MR) is 79.8 cm³/mol. The van der Waals surface area contributed by atoms with E-state index in [2.05, 4.69) is 9.97 Å². The average molecular weight is 310 g/mol. The Balaban J connectivity index is 2.38. The van der Waals surface area contributed by atoms with Crippen LogP contribution in [0.3, 0.4) is 0 Å². The minimum absolute atomic E-state index is 0.0424. The van der Waals surface area contributed by atoms with Gasteiger partial charge in [0.2, 0.25) is 5.95 Å². The summed E-state index contributed by atoms with van der Waals surface area (Å²) >= 11 is 7.02. The fourth-order valence-corrected chi connectivity index (χ4v) is 3.48. The summed E-state index contributed by atoms with van der Waals surface area (Å²) in [6.07, 6.45) is 0. The predicted octanol–water partition coefficient (Wildman–Crippen LogP) is 3.33. The average Bonchev–Trinajstić information content (AvgIpc) is 2.70. The molecule has 0 aliphatic rings. The first-order valence-electron chi connectivity index (χ1n) is 5.72. The van der Waals surface area contributed by atoms with Crippen LogP contribution in [-0.4, -0.2) is 9.97 Å². The molecule has 0 atom stereocenters. The Morgan fingerprint density at radius 3 is 2.95 bits per heavy atom. The number of nitrogens with one attached hydrogen (secondary N) is 1. The molecule has 0 spiro atoms. The highest BCUT2D eigenvalue weighted by molar-refractivity contribution is 7.22. The van der Waals surface area contributed by atoms with Crippen LogP contribution in [0.25, 0.3) is 20.7 Å². The molecule has 0 saturated carbocycles. The van der Waals surface area contributed by atoms with E-state index in [0.29, 0.717) is 26.2 Å². The van der Waals surface area contributed by atoms with Crippen molar-refractivity contribution in [1.29, 1.82) is 0 Å². The summed E-state index contributed by atoms with van der Waals surface area (Å²) in [5.41, 5.74) is 6.22. The summed E-state index contributed by atoms with van der Waals surface area (Å²) in [6.45, 7) is 1.75. The number of nitrogen functional groups attached to an aromatic ring is 1. The van der Waals surface area contributed by atoms with Crippen molar-refractivity contribution in [1.82, 2.24) is 9.97 Å². The Morgan fingerprint density at radius 1 is 1.45 bits per heavy atom. The topological polar surface area (TPSA) is 71.8 Å². The summed E-state index contributed by atoms with van der Waals surface area (Å²) in [5.74, 6) is -0.463. The molecule has 102 valence electrons. The second-order valence-corrected chi connectivity index (χ2v) is 5.70. The van der Waals surface area contributed by atoms with Crippen LogP contribution in [0.1, 0.15) is 5.56 Å². The molecule has 3 N–H and O–H groups in total. The second-order valence-electron chi connectivity index (χ2n) is 4.29. The molecule has 3 rings (SSSR count). The number of hydrogen-bond acceptors (Lipinski definition) is 4. The van der Waals surface area contributed by atoms with Crippen LogP contribution in [0, 0.1) is 12.7 Å². The van der Waals surface area contributed by atoms with Gasteiger partial charge in [0.1, 0.15) is 10.6 Å². The maximum Gasteiger partial charge on any atom is 0.261 e. The normalized spacial score (nSPS) is 11.2. The van der Waals surface area contributed by atoms with Gasteiger partial charge in [-0.25, -0.2) is 9.37 Å². The summed E-state index contributed by atoms with van der Waals surface area (Å²) in [7, 11) is 0. The van der Waals surface area contributed by atoms with E-state index in [-0.39, 0.29) is 16.5 Å². The lowest BCUT2D eigenvalue weighted by Gasteiger charge is -2.03. The van der Waals surface area contributed by atoms with Crippen LogP contribution in [0.15, 0.2) is 23.0 Å². The van der Waals surface area contributed by atoms with E-state index in [4.69, 9.17) is 17.3 Å². The fraction of sp³-hybridized carbons (Fsp3) is 0.0769. The van der Waals surface area contributed by atoms with Crippen molar-refractivity contribution in [3.8, 4) is 10.4 Å². The maximum absolute atomic E-state index is 14.1. The number of aromatic amines is 1. The van der Waals surface area contributed by atoms with Crippen LogP contribution in [0.5, 0.6) is 0 Å². The third-order valence-electron chi connectivity index (χ3n) is 3.02. The van der Waals surface area contributed by atoms with Gasteiger partial charge in [-0.3, -0.25) is 9.78 Å². The first kappa shape index (κ1) is 13.1. The maximum atomic E-state index is 14.1. The number of benzene rings is 1. The van der Waals surface area contributed by atoms with Crippen molar-refractivity contribution >= 4 is 39.1 Å². The monoisotopic (exact) mass is 309 g/mol. The van der Waals surface area contributed by atoms with Gasteiger partial charge in [0.05, 0.1) is 10.4 Å². The first-order chi connectivity index (χ1) is 9.49. The van der Waals surface area contributed by atoms with Gasteiger partial charge in [0.15, 0.2) is 0 Å². The molecule has 2 aromatic heterocycles. The smallest absolute Gasteiger partial charge is 0.261 e. The van der Waals surface area contributed by atoms with Gasteiger partial charge in [-0.15, -0.1) is 11.3 Å². The van der Waals surface area contributed by atoms with Crippen molar-refractivity contribution in [3.63, 3.8) is 0 Å². The molecule has 20 heavy (non-hydrogen) atoms. The van der Waals surface area contributed by atoms with Crippen molar-refractivity contribution in [2.75, 3.05) is 5.73 Å². The van der Waals surface area contributed by atoms with Crippen molar-refractivity contribution in [3.05, 3.63) is 45.0 Å². The second kappa shape index (κ2) is 4.57. The van der Waals surface area contributed by atoms with Crippen LogP contribution >= 0.6 is 22.9 Å². The van der Waals surface area contributed by atoms with Gasteiger partial charge in [-0.05, 0) is 18.6 Å². The molecular weight excluding hydrogens is 301 g/mol. The third-order valence-corrected chi connectivity index (χ3v) is 4.53. The highest BCUT2D eigenvalue weighted by Gasteiger charge is 2.18. The van der Waals surface area contributed by atoms with E-state index >= 15 is 0 Å². The Labute approximate surface area is 122 Å². The largest absolute Gasteiger partial charge is 0.369 e.